The van der Waals surface area contributed by atoms with Crippen LogP contribution in [0.4, 0.5) is 0 Å². The van der Waals surface area contributed by atoms with E-state index in [1.165, 1.54) is 5.56 Å². The van der Waals surface area contributed by atoms with Crippen molar-refractivity contribution in [2.75, 3.05) is 20.2 Å². The summed E-state index contributed by atoms with van der Waals surface area (Å²) in [5, 5.41) is 0. The number of nitrogens with zero attached hydrogens (tertiary/aromatic N) is 2. The first-order valence-electron chi connectivity index (χ1n) is 6.90. The topological polar surface area (TPSA) is 41.2 Å². The zero-order valence-electron chi connectivity index (χ0n) is 12.2. The van der Waals surface area contributed by atoms with Gasteiger partial charge in [0.2, 0.25) is 5.88 Å². The van der Waals surface area contributed by atoms with Gasteiger partial charge in [0.1, 0.15) is 0 Å². The quantitative estimate of drug-likeness (QED) is 0.869. The maximum atomic E-state index is 5.20. The summed E-state index contributed by atoms with van der Waals surface area (Å²) in [6.45, 7) is 8.81. The van der Waals surface area contributed by atoms with Crippen LogP contribution in [0, 0.1) is 0 Å². The van der Waals surface area contributed by atoms with E-state index in [0.29, 0.717) is 11.9 Å². The molecule has 0 aliphatic rings. The number of rotatable bonds is 6. The predicted octanol–water partition coefficient (Wildman–Crippen LogP) is 2.84. The number of hydrogen-bond acceptors (Lipinski definition) is 3. The maximum absolute atomic E-state index is 5.20. The van der Waals surface area contributed by atoms with E-state index in [0.717, 1.165) is 30.5 Å². The average Bonchev–Trinajstić information content (AvgIpc) is 2.81. The highest BCUT2D eigenvalue weighted by Crippen LogP contribution is 2.20. The van der Waals surface area contributed by atoms with Crippen LogP contribution in [-0.2, 0) is 6.42 Å². The van der Waals surface area contributed by atoms with Crippen molar-refractivity contribution in [3.63, 3.8) is 0 Å². The monoisotopic (exact) mass is 261 g/mol. The van der Waals surface area contributed by atoms with Gasteiger partial charge in [0.05, 0.1) is 18.1 Å². The number of H-pyrrole nitrogens is 1. The Balaban J connectivity index is 2.16. The lowest BCUT2D eigenvalue weighted by Crippen LogP contribution is -2.32. The van der Waals surface area contributed by atoms with Crippen LogP contribution in [0.15, 0.2) is 18.3 Å². The smallest absolute Gasteiger partial charge is 0.213 e. The van der Waals surface area contributed by atoms with Crippen molar-refractivity contribution in [1.29, 1.82) is 0 Å². The van der Waals surface area contributed by atoms with Gasteiger partial charge >= 0.3 is 0 Å². The van der Waals surface area contributed by atoms with Crippen molar-refractivity contribution in [1.82, 2.24) is 14.9 Å². The Hall–Kier alpha value is -1.55. The van der Waals surface area contributed by atoms with Crippen LogP contribution in [0.1, 0.15) is 26.3 Å². The number of nitrogens with one attached hydrogen (secondary N) is 1. The Morgan fingerprint density at radius 3 is 2.79 bits per heavy atom. The first kappa shape index (κ1) is 13.9. The number of likely N-dealkylation sites (N-methyl/N-ethyl adjacent to an activating group) is 1. The van der Waals surface area contributed by atoms with Crippen molar-refractivity contribution in [2.24, 2.45) is 0 Å². The van der Waals surface area contributed by atoms with Crippen molar-refractivity contribution >= 4 is 11.0 Å². The lowest BCUT2D eigenvalue weighted by molar-refractivity contribution is 0.237. The summed E-state index contributed by atoms with van der Waals surface area (Å²) in [6, 6.07) is 4.48. The molecule has 0 spiro atoms. The Morgan fingerprint density at radius 1 is 1.37 bits per heavy atom. The van der Waals surface area contributed by atoms with Gasteiger partial charge in [-0.05, 0) is 38.4 Å². The first-order chi connectivity index (χ1) is 9.15. The molecule has 0 aromatic carbocycles. The second-order valence-electron chi connectivity index (χ2n) is 5.04. The summed E-state index contributed by atoms with van der Waals surface area (Å²) in [5.41, 5.74) is 3.36. The Bertz CT molecular complexity index is 533. The highest BCUT2D eigenvalue weighted by molar-refractivity contribution is 5.79. The van der Waals surface area contributed by atoms with Crippen LogP contribution in [0.5, 0.6) is 5.88 Å². The molecule has 0 amide bonds. The van der Waals surface area contributed by atoms with Crippen molar-refractivity contribution in [3.05, 3.63) is 23.9 Å². The Kier molecular flexibility index (Phi) is 4.43. The van der Waals surface area contributed by atoms with Crippen LogP contribution in [-0.4, -0.2) is 41.1 Å². The van der Waals surface area contributed by atoms with Gasteiger partial charge in [-0.25, -0.2) is 4.98 Å². The van der Waals surface area contributed by atoms with E-state index in [1.54, 1.807) is 7.11 Å². The predicted molar refractivity (Wildman–Crippen MR) is 78.7 cm³/mol. The van der Waals surface area contributed by atoms with Crippen molar-refractivity contribution < 1.29 is 4.74 Å². The third-order valence-corrected chi connectivity index (χ3v) is 3.59. The minimum atomic E-state index is 0.581. The van der Waals surface area contributed by atoms with E-state index in [1.807, 2.05) is 12.1 Å². The van der Waals surface area contributed by atoms with E-state index in [-0.39, 0.29) is 0 Å². The zero-order valence-corrected chi connectivity index (χ0v) is 12.2. The number of ether oxygens (including phenoxy) is 1. The molecule has 1 N–H and O–H groups in total. The summed E-state index contributed by atoms with van der Waals surface area (Å²) < 4.78 is 5.20. The molecule has 2 rings (SSSR count). The second kappa shape index (κ2) is 6.06. The first-order valence-corrected chi connectivity index (χ1v) is 6.90. The summed E-state index contributed by atoms with van der Waals surface area (Å²) in [4.78, 5) is 10.3. The molecule has 0 aliphatic heterocycles. The molecule has 0 radical (unpaired) electrons. The summed E-state index contributed by atoms with van der Waals surface area (Å²) >= 11 is 0. The van der Waals surface area contributed by atoms with E-state index in [9.17, 15) is 0 Å². The molecule has 0 saturated heterocycles. The Morgan fingerprint density at radius 2 is 2.16 bits per heavy atom. The standard InChI is InChI=1S/C15H23N3O/c1-5-18(11(2)3)9-8-12-10-16-13-6-7-14(19-4)17-15(12)13/h6-7,10-11,16H,5,8-9H2,1-4H3. The molecule has 0 fully saturated rings. The third-order valence-electron chi connectivity index (χ3n) is 3.59. The number of aromatic amines is 1. The highest BCUT2D eigenvalue weighted by atomic mass is 16.5. The van der Waals surface area contributed by atoms with Gasteiger partial charge in [-0.2, -0.15) is 0 Å². The van der Waals surface area contributed by atoms with Crippen molar-refractivity contribution in [2.45, 2.75) is 33.2 Å². The van der Waals surface area contributed by atoms with Gasteiger partial charge in [0.15, 0.2) is 0 Å². The molecule has 4 heteroatoms. The molecule has 4 nitrogen and oxygen atoms in total. The normalized spacial score (nSPS) is 11.7. The van der Waals surface area contributed by atoms with Crippen LogP contribution < -0.4 is 4.74 Å². The number of methoxy groups -OCH3 is 1. The lowest BCUT2D eigenvalue weighted by Gasteiger charge is -2.24. The number of aromatic nitrogens is 2. The van der Waals surface area contributed by atoms with Crippen LogP contribution in [0.2, 0.25) is 0 Å². The number of fused-ring (bicyclic) bond motifs is 1. The number of pyridine rings is 1. The Labute approximate surface area is 114 Å². The van der Waals surface area contributed by atoms with E-state index >= 15 is 0 Å². The summed E-state index contributed by atoms with van der Waals surface area (Å²) in [7, 11) is 1.65. The maximum Gasteiger partial charge on any atom is 0.213 e. The zero-order chi connectivity index (χ0) is 13.8. The molecule has 2 aromatic heterocycles. The minimum absolute atomic E-state index is 0.581. The van der Waals surface area contributed by atoms with Crippen molar-refractivity contribution in [3.8, 4) is 5.88 Å². The molecule has 104 valence electrons. The SMILES string of the molecule is CCN(CCc1c[nH]c2ccc(OC)nc12)C(C)C. The second-order valence-corrected chi connectivity index (χ2v) is 5.04. The minimum Gasteiger partial charge on any atom is -0.481 e. The van der Waals surface area contributed by atoms with Gasteiger partial charge in [0, 0.05) is 24.8 Å². The molecular weight excluding hydrogens is 238 g/mol. The van der Waals surface area contributed by atoms with Crippen LogP contribution in [0.3, 0.4) is 0 Å². The molecule has 19 heavy (non-hydrogen) atoms. The third kappa shape index (κ3) is 3.07. The van der Waals surface area contributed by atoms with E-state index < -0.39 is 0 Å². The molecule has 0 atom stereocenters. The van der Waals surface area contributed by atoms with Crippen LogP contribution >= 0.6 is 0 Å². The molecule has 0 aliphatic carbocycles. The van der Waals surface area contributed by atoms with Gasteiger partial charge < -0.3 is 14.6 Å². The molecule has 0 bridgehead atoms. The molecule has 0 saturated carbocycles. The number of hydrogen-bond donors (Lipinski definition) is 1. The average molecular weight is 261 g/mol. The van der Waals surface area contributed by atoms with E-state index in [2.05, 4.69) is 41.8 Å². The van der Waals surface area contributed by atoms with Crippen LogP contribution in [0.25, 0.3) is 11.0 Å². The fraction of sp³-hybridized carbons (Fsp3) is 0.533. The van der Waals surface area contributed by atoms with Gasteiger partial charge in [-0.3, -0.25) is 0 Å². The van der Waals surface area contributed by atoms with Gasteiger partial charge in [0.25, 0.3) is 0 Å². The van der Waals surface area contributed by atoms with Gasteiger partial charge in [-0.1, -0.05) is 6.92 Å². The molecular formula is C15H23N3O. The lowest BCUT2D eigenvalue weighted by atomic mass is 10.2. The fourth-order valence-electron chi connectivity index (χ4n) is 2.39. The fourth-order valence-corrected chi connectivity index (χ4v) is 2.39. The van der Waals surface area contributed by atoms with Gasteiger partial charge in [-0.15, -0.1) is 0 Å². The summed E-state index contributed by atoms with van der Waals surface area (Å²) in [6.07, 6.45) is 3.07. The van der Waals surface area contributed by atoms with E-state index in [4.69, 9.17) is 4.74 Å². The molecule has 0 unspecified atom stereocenters. The largest absolute Gasteiger partial charge is 0.481 e. The molecule has 2 aromatic rings. The molecule has 2 heterocycles. The highest BCUT2D eigenvalue weighted by Gasteiger charge is 2.10. The summed E-state index contributed by atoms with van der Waals surface area (Å²) in [5.74, 6) is 0.671.